The molecule has 2 atom stereocenters. The third kappa shape index (κ3) is 5.33. The highest BCUT2D eigenvalue weighted by molar-refractivity contribution is 7.99. The predicted octanol–water partition coefficient (Wildman–Crippen LogP) is 4.23. The largest absolute Gasteiger partial charge is 0.353 e. The molecule has 7 heteroatoms. The number of fused-ring (bicyclic) bond motifs is 1. The van der Waals surface area contributed by atoms with Gasteiger partial charge in [-0.25, -0.2) is 4.98 Å². The Morgan fingerprint density at radius 2 is 2.00 bits per heavy atom. The van der Waals surface area contributed by atoms with Crippen LogP contribution in [0.15, 0.2) is 46.3 Å². The van der Waals surface area contributed by atoms with Gasteiger partial charge >= 0.3 is 0 Å². The zero-order valence-electron chi connectivity index (χ0n) is 18.1. The smallest absolute Gasteiger partial charge is 0.278 e. The van der Waals surface area contributed by atoms with Gasteiger partial charge in [-0.05, 0) is 51.7 Å². The molecule has 2 heterocycles. The Kier molecular flexibility index (Phi) is 7.37. The predicted molar refractivity (Wildman–Crippen MR) is 123 cm³/mol. The summed E-state index contributed by atoms with van der Waals surface area (Å²) in [5.41, 5.74) is 3.26. The maximum atomic E-state index is 13.0. The van der Waals surface area contributed by atoms with Crippen molar-refractivity contribution in [1.82, 2.24) is 19.9 Å². The van der Waals surface area contributed by atoms with Crippen molar-refractivity contribution in [2.75, 3.05) is 5.75 Å². The quantitative estimate of drug-likeness (QED) is 0.396. The molecule has 160 valence electrons. The zero-order chi connectivity index (χ0) is 21.7. The van der Waals surface area contributed by atoms with Crippen LogP contribution in [0, 0.1) is 6.92 Å². The molecule has 1 aromatic carbocycles. The first-order valence-corrected chi connectivity index (χ1v) is 11.5. The lowest BCUT2D eigenvalue weighted by atomic mass is 10.1. The van der Waals surface area contributed by atoms with Crippen LogP contribution in [0.4, 0.5) is 0 Å². The molecule has 0 saturated carbocycles. The molecule has 0 radical (unpaired) electrons. The van der Waals surface area contributed by atoms with Gasteiger partial charge in [-0.15, -0.1) is 0 Å². The Balaban J connectivity index is 1.65. The van der Waals surface area contributed by atoms with Crippen LogP contribution in [0.3, 0.4) is 0 Å². The van der Waals surface area contributed by atoms with Crippen molar-refractivity contribution >= 4 is 28.7 Å². The monoisotopic (exact) mass is 426 g/mol. The highest BCUT2D eigenvalue weighted by Gasteiger charge is 2.18. The molecule has 30 heavy (non-hydrogen) atoms. The molecule has 0 spiro atoms. The highest BCUT2D eigenvalue weighted by Crippen LogP contribution is 2.22. The molecule has 0 aliphatic carbocycles. The van der Waals surface area contributed by atoms with E-state index in [-0.39, 0.29) is 29.3 Å². The van der Waals surface area contributed by atoms with E-state index in [2.05, 4.69) is 27.4 Å². The lowest BCUT2D eigenvalue weighted by molar-refractivity contribution is -0.119. The molecule has 0 fully saturated rings. The van der Waals surface area contributed by atoms with Crippen molar-refractivity contribution < 1.29 is 4.79 Å². The molecule has 0 bridgehead atoms. The fourth-order valence-corrected chi connectivity index (χ4v) is 4.32. The van der Waals surface area contributed by atoms with E-state index in [1.54, 1.807) is 4.57 Å². The second-order valence-corrected chi connectivity index (χ2v) is 8.76. The average Bonchev–Trinajstić information content (AvgIpc) is 3.11. The van der Waals surface area contributed by atoms with Crippen molar-refractivity contribution in [2.45, 2.75) is 64.2 Å². The van der Waals surface area contributed by atoms with E-state index >= 15 is 0 Å². The zero-order valence-corrected chi connectivity index (χ0v) is 18.9. The molecule has 2 N–H and O–H groups in total. The molecule has 6 nitrogen and oxygen atoms in total. The van der Waals surface area contributed by atoms with Crippen molar-refractivity contribution in [1.29, 1.82) is 0 Å². The first-order valence-electron chi connectivity index (χ1n) is 10.5. The minimum Gasteiger partial charge on any atom is -0.353 e. The number of aryl methyl sites for hydroxylation is 2. The molecule has 2 aromatic heterocycles. The summed E-state index contributed by atoms with van der Waals surface area (Å²) in [5.74, 6) is 0.184. The van der Waals surface area contributed by atoms with E-state index in [1.807, 2.05) is 52.0 Å². The number of hydrogen-bond acceptors (Lipinski definition) is 4. The number of nitrogens with zero attached hydrogens (tertiary/aromatic N) is 2. The van der Waals surface area contributed by atoms with Crippen LogP contribution < -0.4 is 10.9 Å². The van der Waals surface area contributed by atoms with Gasteiger partial charge in [0.05, 0.1) is 11.3 Å². The topological polar surface area (TPSA) is 79.8 Å². The maximum absolute atomic E-state index is 13.0. The van der Waals surface area contributed by atoms with Crippen LogP contribution in [-0.4, -0.2) is 32.2 Å². The van der Waals surface area contributed by atoms with Crippen LogP contribution in [-0.2, 0) is 11.2 Å². The SMILES string of the molecule is CC[C@@H](C)n1c(SCC(=O)N[C@H](C)CCc2ccccc2)nc2cc(C)[nH]c2c1=O. The van der Waals surface area contributed by atoms with Gasteiger partial charge in [0.1, 0.15) is 5.52 Å². The summed E-state index contributed by atoms with van der Waals surface area (Å²) >= 11 is 1.32. The summed E-state index contributed by atoms with van der Waals surface area (Å²) in [7, 11) is 0. The molecule has 3 aromatic rings. The van der Waals surface area contributed by atoms with E-state index < -0.39 is 0 Å². The van der Waals surface area contributed by atoms with Crippen molar-refractivity contribution in [3.8, 4) is 0 Å². The number of rotatable bonds is 9. The van der Waals surface area contributed by atoms with Crippen LogP contribution in [0.1, 0.15) is 50.9 Å². The number of hydrogen-bond donors (Lipinski definition) is 2. The van der Waals surface area contributed by atoms with Gasteiger partial charge in [-0.1, -0.05) is 49.0 Å². The van der Waals surface area contributed by atoms with Gasteiger partial charge in [-0.2, -0.15) is 0 Å². The second kappa shape index (κ2) is 9.98. The molecular formula is C23H30N4O2S. The highest BCUT2D eigenvalue weighted by atomic mass is 32.2. The number of carbonyl (C=O) groups excluding carboxylic acids is 1. The number of carbonyl (C=O) groups is 1. The lowest BCUT2D eigenvalue weighted by Gasteiger charge is -2.18. The van der Waals surface area contributed by atoms with Gasteiger partial charge in [-0.3, -0.25) is 14.2 Å². The second-order valence-electron chi connectivity index (χ2n) is 7.82. The maximum Gasteiger partial charge on any atom is 0.278 e. The number of H-pyrrole nitrogens is 1. The summed E-state index contributed by atoms with van der Waals surface area (Å²) in [5, 5.41) is 3.65. The number of aromatic amines is 1. The normalized spacial score (nSPS) is 13.3. The van der Waals surface area contributed by atoms with Gasteiger partial charge in [0.15, 0.2) is 5.16 Å². The van der Waals surface area contributed by atoms with E-state index in [0.29, 0.717) is 16.2 Å². The van der Waals surface area contributed by atoms with Crippen molar-refractivity contribution in [2.24, 2.45) is 0 Å². The molecular weight excluding hydrogens is 396 g/mol. The van der Waals surface area contributed by atoms with Gasteiger partial charge in [0, 0.05) is 17.8 Å². The molecule has 0 saturated heterocycles. The average molecular weight is 427 g/mol. The minimum absolute atomic E-state index is 0.00774. The van der Waals surface area contributed by atoms with E-state index in [1.165, 1.54) is 17.3 Å². The van der Waals surface area contributed by atoms with Crippen LogP contribution >= 0.6 is 11.8 Å². The van der Waals surface area contributed by atoms with Crippen LogP contribution in [0.25, 0.3) is 11.0 Å². The number of thioether (sulfide) groups is 1. The van der Waals surface area contributed by atoms with E-state index in [0.717, 1.165) is 25.0 Å². The van der Waals surface area contributed by atoms with Gasteiger partial charge in [0.25, 0.3) is 5.56 Å². The van der Waals surface area contributed by atoms with Gasteiger partial charge in [0.2, 0.25) is 5.91 Å². The van der Waals surface area contributed by atoms with Gasteiger partial charge < -0.3 is 10.3 Å². The summed E-state index contributed by atoms with van der Waals surface area (Å²) in [6.07, 6.45) is 2.61. The van der Waals surface area contributed by atoms with Crippen LogP contribution in [0.2, 0.25) is 0 Å². The summed E-state index contributed by atoms with van der Waals surface area (Å²) in [6, 6.07) is 12.2. The first kappa shape index (κ1) is 22.2. The molecule has 0 aliphatic rings. The first-order chi connectivity index (χ1) is 14.4. The molecule has 0 aliphatic heterocycles. The summed E-state index contributed by atoms with van der Waals surface area (Å²) in [6.45, 7) is 7.97. The fourth-order valence-electron chi connectivity index (χ4n) is 3.41. The fraction of sp³-hybridized carbons (Fsp3) is 0.435. The number of amides is 1. The minimum atomic E-state index is -0.0819. The van der Waals surface area contributed by atoms with Crippen LogP contribution in [0.5, 0.6) is 0 Å². The van der Waals surface area contributed by atoms with Crippen molar-refractivity contribution in [3.05, 3.63) is 58.0 Å². The Bertz CT molecular complexity index is 1060. The number of benzene rings is 1. The Labute approximate surface area is 181 Å². The Morgan fingerprint density at radius 1 is 1.27 bits per heavy atom. The van der Waals surface area contributed by atoms with Crippen molar-refractivity contribution in [3.63, 3.8) is 0 Å². The lowest BCUT2D eigenvalue weighted by Crippen LogP contribution is -2.34. The molecule has 0 unspecified atom stereocenters. The number of aromatic nitrogens is 3. The van der Waals surface area contributed by atoms with E-state index in [9.17, 15) is 9.59 Å². The number of nitrogens with one attached hydrogen (secondary N) is 2. The molecule has 1 amide bonds. The Morgan fingerprint density at radius 3 is 2.70 bits per heavy atom. The standard InChI is InChI=1S/C23H30N4O2S/c1-5-17(4)27-22(29)21-19(13-16(3)25-21)26-23(27)30-14-20(28)24-15(2)11-12-18-9-7-6-8-10-18/h6-10,13,15,17,25H,5,11-12,14H2,1-4H3,(H,24,28)/t15-,17-/m1/s1. The summed E-state index contributed by atoms with van der Waals surface area (Å²) in [4.78, 5) is 33.2. The third-order valence-corrected chi connectivity index (χ3v) is 6.22. The van der Waals surface area contributed by atoms with E-state index in [4.69, 9.17) is 0 Å². The third-order valence-electron chi connectivity index (χ3n) is 5.27. The molecule has 3 rings (SSSR count). The summed E-state index contributed by atoms with van der Waals surface area (Å²) < 4.78 is 1.70. The Hall–Kier alpha value is -2.54.